The fourth-order valence-electron chi connectivity index (χ4n) is 1.23. The normalized spacial score (nSPS) is 11.0. The molecule has 0 N–H and O–H groups in total. The van der Waals surface area contributed by atoms with Crippen molar-refractivity contribution in [2.24, 2.45) is 0 Å². The first kappa shape index (κ1) is 10.1. The molecule has 0 nitrogen and oxygen atoms in total. The molecule has 4 heteroatoms. The third-order valence-electron chi connectivity index (χ3n) is 1.84. The second-order valence-corrected chi connectivity index (χ2v) is 5.78. The summed E-state index contributed by atoms with van der Waals surface area (Å²) in [6.07, 6.45) is 0. The molecule has 2 rings (SSSR count). The Balaban J connectivity index is 2.87. The molecule has 1 aromatic heterocycles. The summed E-state index contributed by atoms with van der Waals surface area (Å²) >= 11 is 12.4. The SMILES string of the molecule is BrCc1csc2c(Br)ccc(Br)c12. The summed E-state index contributed by atoms with van der Waals surface area (Å²) in [4.78, 5) is 0. The van der Waals surface area contributed by atoms with Gasteiger partial charge >= 0.3 is 0 Å². The molecule has 0 saturated carbocycles. The lowest BCUT2D eigenvalue weighted by Gasteiger charge is -1.98. The number of hydrogen-bond acceptors (Lipinski definition) is 1. The van der Waals surface area contributed by atoms with E-state index in [2.05, 4.69) is 65.3 Å². The summed E-state index contributed by atoms with van der Waals surface area (Å²) in [6.45, 7) is 0. The summed E-state index contributed by atoms with van der Waals surface area (Å²) in [5.74, 6) is 0. The van der Waals surface area contributed by atoms with Crippen LogP contribution in [0.1, 0.15) is 5.56 Å². The predicted molar refractivity (Wildman–Crippen MR) is 69.9 cm³/mol. The third-order valence-corrected chi connectivity index (χ3v) is 5.09. The van der Waals surface area contributed by atoms with Gasteiger partial charge in [-0.15, -0.1) is 11.3 Å². The molecule has 0 amide bonds. The summed E-state index contributed by atoms with van der Waals surface area (Å²) in [6, 6.07) is 4.15. The first-order valence-electron chi connectivity index (χ1n) is 3.64. The summed E-state index contributed by atoms with van der Waals surface area (Å²) in [7, 11) is 0. The van der Waals surface area contributed by atoms with Crippen LogP contribution in [-0.2, 0) is 5.33 Å². The number of benzene rings is 1. The van der Waals surface area contributed by atoms with Gasteiger partial charge in [-0.05, 0) is 39.0 Å². The number of alkyl halides is 1. The van der Waals surface area contributed by atoms with Crippen molar-refractivity contribution in [3.8, 4) is 0 Å². The lowest BCUT2D eigenvalue weighted by Crippen LogP contribution is -1.75. The Hall–Kier alpha value is 0.620. The van der Waals surface area contributed by atoms with E-state index in [0.29, 0.717) is 0 Å². The van der Waals surface area contributed by atoms with Crippen molar-refractivity contribution in [2.45, 2.75) is 5.33 Å². The van der Waals surface area contributed by atoms with E-state index in [0.717, 1.165) is 5.33 Å². The minimum atomic E-state index is 0.905. The fourth-order valence-corrected chi connectivity index (χ4v) is 4.22. The average Bonchev–Trinajstić information content (AvgIpc) is 2.56. The van der Waals surface area contributed by atoms with Crippen LogP contribution in [0.4, 0.5) is 0 Å². The van der Waals surface area contributed by atoms with Crippen molar-refractivity contribution in [2.75, 3.05) is 0 Å². The predicted octanol–water partition coefficient (Wildman–Crippen LogP) is 5.32. The van der Waals surface area contributed by atoms with Gasteiger partial charge in [-0.2, -0.15) is 0 Å². The number of fused-ring (bicyclic) bond motifs is 1. The highest BCUT2D eigenvalue weighted by Gasteiger charge is 2.08. The van der Waals surface area contributed by atoms with Gasteiger partial charge in [0.15, 0.2) is 0 Å². The monoisotopic (exact) mass is 382 g/mol. The van der Waals surface area contributed by atoms with Crippen LogP contribution in [0.15, 0.2) is 26.5 Å². The van der Waals surface area contributed by atoms with E-state index in [1.54, 1.807) is 11.3 Å². The van der Waals surface area contributed by atoms with Gasteiger partial charge in [0.2, 0.25) is 0 Å². The maximum absolute atomic E-state index is 3.57. The molecule has 0 radical (unpaired) electrons. The molecular weight excluding hydrogens is 380 g/mol. The molecule has 1 aromatic carbocycles. The summed E-state index contributed by atoms with van der Waals surface area (Å²) < 4.78 is 3.65. The van der Waals surface area contributed by atoms with Crippen LogP contribution >= 0.6 is 59.1 Å². The van der Waals surface area contributed by atoms with Gasteiger partial charge in [0.1, 0.15) is 0 Å². The van der Waals surface area contributed by atoms with Crippen LogP contribution in [0.2, 0.25) is 0 Å². The van der Waals surface area contributed by atoms with Crippen LogP contribution in [-0.4, -0.2) is 0 Å². The average molecular weight is 385 g/mol. The highest BCUT2D eigenvalue weighted by Crippen LogP contribution is 2.37. The van der Waals surface area contributed by atoms with Crippen molar-refractivity contribution in [3.63, 3.8) is 0 Å². The number of hydrogen-bond donors (Lipinski definition) is 0. The zero-order valence-electron chi connectivity index (χ0n) is 6.48. The van der Waals surface area contributed by atoms with Crippen molar-refractivity contribution in [3.05, 3.63) is 32.0 Å². The fraction of sp³-hybridized carbons (Fsp3) is 0.111. The van der Waals surface area contributed by atoms with E-state index in [4.69, 9.17) is 0 Å². The lowest BCUT2D eigenvalue weighted by atomic mass is 10.2. The molecule has 0 unspecified atom stereocenters. The maximum Gasteiger partial charge on any atom is 0.0499 e. The molecule has 0 saturated heterocycles. The molecule has 0 bridgehead atoms. The van der Waals surface area contributed by atoms with Crippen molar-refractivity contribution >= 4 is 69.2 Å². The molecule has 0 fully saturated rings. The van der Waals surface area contributed by atoms with Gasteiger partial charge < -0.3 is 0 Å². The minimum Gasteiger partial charge on any atom is -0.142 e. The van der Waals surface area contributed by atoms with Crippen molar-refractivity contribution in [1.29, 1.82) is 0 Å². The van der Waals surface area contributed by atoms with Crippen LogP contribution < -0.4 is 0 Å². The van der Waals surface area contributed by atoms with E-state index in [9.17, 15) is 0 Å². The molecule has 13 heavy (non-hydrogen) atoms. The highest BCUT2D eigenvalue weighted by molar-refractivity contribution is 9.11. The molecule has 0 aliphatic rings. The van der Waals surface area contributed by atoms with E-state index in [1.807, 2.05) is 0 Å². The zero-order chi connectivity index (χ0) is 9.42. The Morgan fingerprint density at radius 2 is 1.85 bits per heavy atom. The number of rotatable bonds is 1. The van der Waals surface area contributed by atoms with E-state index in [-0.39, 0.29) is 0 Å². The second-order valence-electron chi connectivity index (χ2n) is 2.63. The van der Waals surface area contributed by atoms with Gasteiger partial charge in [0.25, 0.3) is 0 Å². The molecule has 0 aliphatic carbocycles. The van der Waals surface area contributed by atoms with E-state index in [1.165, 1.54) is 24.6 Å². The molecule has 68 valence electrons. The Labute approximate surface area is 106 Å². The molecule has 0 aliphatic heterocycles. The third kappa shape index (κ3) is 1.74. The standard InChI is InChI=1S/C9H5Br3S/c10-3-5-4-13-9-7(12)2-1-6(11)8(5)9/h1-2,4H,3H2. The topological polar surface area (TPSA) is 0 Å². The number of thiophene rings is 1. The Kier molecular flexibility index (Phi) is 3.13. The summed E-state index contributed by atoms with van der Waals surface area (Å²) in [5, 5.41) is 4.41. The Bertz CT molecular complexity index is 447. The Morgan fingerprint density at radius 3 is 2.54 bits per heavy atom. The van der Waals surface area contributed by atoms with Gasteiger partial charge in [-0.25, -0.2) is 0 Å². The van der Waals surface area contributed by atoms with Gasteiger partial charge in [-0.3, -0.25) is 0 Å². The number of halogens is 3. The Morgan fingerprint density at radius 1 is 1.15 bits per heavy atom. The zero-order valence-corrected chi connectivity index (χ0v) is 12.1. The summed E-state index contributed by atoms with van der Waals surface area (Å²) in [5.41, 5.74) is 1.34. The highest BCUT2D eigenvalue weighted by atomic mass is 79.9. The first-order chi connectivity index (χ1) is 6.24. The van der Waals surface area contributed by atoms with Crippen LogP contribution in [0, 0.1) is 0 Å². The molecular formula is C9H5Br3S. The maximum atomic E-state index is 3.57. The quantitative estimate of drug-likeness (QED) is 0.583. The molecule has 1 heterocycles. The second kappa shape index (κ2) is 4.01. The van der Waals surface area contributed by atoms with Crippen molar-refractivity contribution in [1.82, 2.24) is 0 Å². The first-order valence-corrected chi connectivity index (χ1v) is 7.23. The van der Waals surface area contributed by atoms with Gasteiger partial charge in [-0.1, -0.05) is 31.9 Å². The smallest absolute Gasteiger partial charge is 0.0499 e. The van der Waals surface area contributed by atoms with E-state index >= 15 is 0 Å². The van der Waals surface area contributed by atoms with E-state index < -0.39 is 0 Å². The van der Waals surface area contributed by atoms with Crippen LogP contribution in [0.3, 0.4) is 0 Å². The van der Waals surface area contributed by atoms with Crippen LogP contribution in [0.25, 0.3) is 10.1 Å². The van der Waals surface area contributed by atoms with Gasteiger partial charge in [0, 0.05) is 24.4 Å². The molecule has 2 aromatic rings. The van der Waals surface area contributed by atoms with Gasteiger partial charge in [0.05, 0.1) is 0 Å². The molecule has 0 spiro atoms. The molecule has 0 atom stereocenters. The minimum absolute atomic E-state index is 0.905. The van der Waals surface area contributed by atoms with Crippen LogP contribution in [0.5, 0.6) is 0 Å². The lowest BCUT2D eigenvalue weighted by molar-refractivity contribution is 1.53. The van der Waals surface area contributed by atoms with Crippen molar-refractivity contribution < 1.29 is 0 Å². The largest absolute Gasteiger partial charge is 0.142 e.